The maximum atomic E-state index is 12.1. The first kappa shape index (κ1) is 19.7. The Morgan fingerprint density at radius 3 is 2.64 bits per heavy atom. The molecular formula is C18H24ClN3O2S. The number of nitrogens with zero attached hydrogens (tertiary/aromatic N) is 1. The number of hydrogen-bond donors (Lipinski definition) is 2. The Kier molecular flexibility index (Phi) is 7.23. The molecule has 1 aromatic carbocycles. The molecule has 2 rings (SSSR count). The third kappa shape index (κ3) is 5.99. The summed E-state index contributed by atoms with van der Waals surface area (Å²) in [6, 6.07) is 3.93. The molecule has 0 fully saturated rings. The van der Waals surface area contributed by atoms with E-state index in [4.69, 9.17) is 16.3 Å². The van der Waals surface area contributed by atoms with Gasteiger partial charge in [0.05, 0.1) is 6.10 Å². The number of halogens is 1. The van der Waals surface area contributed by atoms with E-state index in [1.165, 1.54) is 11.3 Å². The molecule has 1 heterocycles. The Labute approximate surface area is 157 Å². The van der Waals surface area contributed by atoms with Crippen LogP contribution in [0.2, 0.25) is 5.02 Å². The molecule has 2 aromatic rings. The lowest BCUT2D eigenvalue weighted by atomic mass is 10.1. The number of carbonyl (C=O) groups is 1. The Balaban J connectivity index is 1.88. The molecule has 0 aliphatic heterocycles. The number of amides is 1. The van der Waals surface area contributed by atoms with E-state index in [2.05, 4.69) is 15.6 Å². The Morgan fingerprint density at radius 2 is 2.00 bits per heavy atom. The second-order valence-electron chi connectivity index (χ2n) is 6.12. The van der Waals surface area contributed by atoms with Gasteiger partial charge in [-0.2, -0.15) is 0 Å². The molecular weight excluding hydrogens is 358 g/mol. The lowest BCUT2D eigenvalue weighted by molar-refractivity contribution is 0.0756. The summed E-state index contributed by atoms with van der Waals surface area (Å²) in [5.41, 5.74) is 3.33. The summed E-state index contributed by atoms with van der Waals surface area (Å²) < 4.78 is 5.44. The van der Waals surface area contributed by atoms with Crippen molar-refractivity contribution < 1.29 is 9.53 Å². The Hall–Kier alpha value is -1.63. The van der Waals surface area contributed by atoms with Crippen molar-refractivity contribution in [2.75, 3.05) is 18.5 Å². The summed E-state index contributed by atoms with van der Waals surface area (Å²) in [7, 11) is 0. The number of anilines is 2. The minimum atomic E-state index is -0.169. The Bertz CT molecular complexity index is 708. The van der Waals surface area contributed by atoms with Crippen LogP contribution in [0.15, 0.2) is 17.5 Å². The number of aromatic nitrogens is 1. The van der Waals surface area contributed by atoms with Crippen LogP contribution in [0.4, 0.5) is 10.8 Å². The normalized spacial score (nSPS) is 11.0. The smallest absolute Gasteiger partial charge is 0.270 e. The quantitative estimate of drug-likeness (QED) is 0.650. The van der Waals surface area contributed by atoms with Crippen LogP contribution < -0.4 is 10.6 Å². The molecule has 5 nitrogen and oxygen atoms in total. The molecule has 136 valence electrons. The zero-order chi connectivity index (χ0) is 18.4. The first-order valence-corrected chi connectivity index (χ1v) is 9.51. The number of benzene rings is 1. The molecule has 0 bridgehead atoms. The largest absolute Gasteiger partial charge is 0.379 e. The first-order chi connectivity index (χ1) is 11.9. The predicted octanol–water partition coefficient (Wildman–Crippen LogP) is 4.70. The Morgan fingerprint density at radius 1 is 1.32 bits per heavy atom. The van der Waals surface area contributed by atoms with Gasteiger partial charge in [-0.25, -0.2) is 4.98 Å². The van der Waals surface area contributed by atoms with Gasteiger partial charge >= 0.3 is 0 Å². The van der Waals surface area contributed by atoms with Gasteiger partial charge in [0.1, 0.15) is 5.69 Å². The van der Waals surface area contributed by atoms with Gasteiger partial charge in [-0.1, -0.05) is 11.6 Å². The fourth-order valence-corrected chi connectivity index (χ4v) is 3.08. The van der Waals surface area contributed by atoms with E-state index >= 15 is 0 Å². The van der Waals surface area contributed by atoms with Crippen molar-refractivity contribution in [2.45, 2.75) is 40.2 Å². The number of carbonyl (C=O) groups excluding carboxylic acids is 1. The molecule has 1 aromatic heterocycles. The van der Waals surface area contributed by atoms with Gasteiger partial charge in [0.15, 0.2) is 5.13 Å². The van der Waals surface area contributed by atoms with Gasteiger partial charge in [0.25, 0.3) is 5.91 Å². The third-order valence-electron chi connectivity index (χ3n) is 3.48. The highest BCUT2D eigenvalue weighted by Gasteiger charge is 2.11. The van der Waals surface area contributed by atoms with E-state index in [1.54, 1.807) is 5.38 Å². The van der Waals surface area contributed by atoms with E-state index in [0.717, 1.165) is 28.3 Å². The summed E-state index contributed by atoms with van der Waals surface area (Å²) in [5.74, 6) is -0.169. The second-order valence-corrected chi connectivity index (χ2v) is 7.35. The number of aryl methyl sites for hydroxylation is 2. The molecule has 0 saturated heterocycles. The zero-order valence-corrected chi connectivity index (χ0v) is 16.6. The SMILES string of the molecule is Cc1cc(Nc2nc(C(=O)NCCCOC(C)C)cs2)cc(C)c1Cl. The molecule has 0 radical (unpaired) electrons. The summed E-state index contributed by atoms with van der Waals surface area (Å²) in [5, 5.41) is 9.27. The summed E-state index contributed by atoms with van der Waals surface area (Å²) in [6.45, 7) is 9.12. The van der Waals surface area contributed by atoms with E-state index in [1.807, 2.05) is 39.8 Å². The molecule has 25 heavy (non-hydrogen) atoms. The lowest BCUT2D eigenvalue weighted by Crippen LogP contribution is -2.25. The molecule has 0 aliphatic rings. The molecule has 0 aliphatic carbocycles. The number of rotatable bonds is 8. The van der Waals surface area contributed by atoms with Crippen LogP contribution in [0.25, 0.3) is 0 Å². The van der Waals surface area contributed by atoms with Gasteiger partial charge in [0, 0.05) is 29.2 Å². The highest BCUT2D eigenvalue weighted by molar-refractivity contribution is 7.14. The summed E-state index contributed by atoms with van der Waals surface area (Å²) in [4.78, 5) is 16.5. The van der Waals surface area contributed by atoms with Crippen molar-refractivity contribution >= 4 is 39.7 Å². The van der Waals surface area contributed by atoms with Crippen molar-refractivity contribution in [3.8, 4) is 0 Å². The van der Waals surface area contributed by atoms with Crippen LogP contribution in [-0.2, 0) is 4.74 Å². The van der Waals surface area contributed by atoms with Crippen molar-refractivity contribution in [3.05, 3.63) is 39.4 Å². The molecule has 0 atom stereocenters. The maximum absolute atomic E-state index is 12.1. The highest BCUT2D eigenvalue weighted by Crippen LogP contribution is 2.27. The number of nitrogens with one attached hydrogen (secondary N) is 2. The molecule has 0 unspecified atom stereocenters. The van der Waals surface area contributed by atoms with Crippen LogP contribution in [0.3, 0.4) is 0 Å². The van der Waals surface area contributed by atoms with Gasteiger partial charge in [-0.15, -0.1) is 11.3 Å². The monoisotopic (exact) mass is 381 g/mol. The molecule has 0 spiro atoms. The zero-order valence-electron chi connectivity index (χ0n) is 15.0. The summed E-state index contributed by atoms with van der Waals surface area (Å²) >= 11 is 7.58. The van der Waals surface area contributed by atoms with Crippen molar-refractivity contribution in [1.82, 2.24) is 10.3 Å². The van der Waals surface area contributed by atoms with Crippen molar-refractivity contribution in [1.29, 1.82) is 0 Å². The first-order valence-electron chi connectivity index (χ1n) is 8.26. The van der Waals surface area contributed by atoms with E-state index in [0.29, 0.717) is 24.0 Å². The maximum Gasteiger partial charge on any atom is 0.270 e. The topological polar surface area (TPSA) is 63.2 Å². The minimum Gasteiger partial charge on any atom is -0.379 e. The van der Waals surface area contributed by atoms with Crippen LogP contribution in [-0.4, -0.2) is 30.1 Å². The predicted molar refractivity (Wildman–Crippen MR) is 104 cm³/mol. The van der Waals surface area contributed by atoms with Gasteiger partial charge in [-0.3, -0.25) is 4.79 Å². The van der Waals surface area contributed by atoms with Gasteiger partial charge < -0.3 is 15.4 Å². The molecule has 7 heteroatoms. The van der Waals surface area contributed by atoms with Gasteiger partial charge in [0.2, 0.25) is 0 Å². The standard InChI is InChI=1S/C18H24ClN3O2S/c1-11(2)24-7-5-6-20-17(23)15-10-25-18(22-15)21-14-8-12(3)16(19)13(4)9-14/h8-11H,5-7H2,1-4H3,(H,20,23)(H,21,22). The number of thiazole rings is 1. The highest BCUT2D eigenvalue weighted by atomic mass is 35.5. The van der Waals surface area contributed by atoms with Crippen molar-refractivity contribution in [3.63, 3.8) is 0 Å². The average Bonchev–Trinajstić information content (AvgIpc) is 3.00. The molecule has 2 N–H and O–H groups in total. The molecule has 0 saturated carbocycles. The fourth-order valence-electron chi connectivity index (χ4n) is 2.26. The summed E-state index contributed by atoms with van der Waals surface area (Å²) in [6.07, 6.45) is 0.991. The third-order valence-corrected chi connectivity index (χ3v) is 4.84. The average molecular weight is 382 g/mol. The second kappa shape index (κ2) is 9.17. The van der Waals surface area contributed by atoms with Crippen molar-refractivity contribution in [2.24, 2.45) is 0 Å². The fraction of sp³-hybridized carbons (Fsp3) is 0.444. The van der Waals surface area contributed by atoms with Crippen LogP contribution in [0.1, 0.15) is 41.9 Å². The van der Waals surface area contributed by atoms with E-state index < -0.39 is 0 Å². The number of ether oxygens (including phenoxy) is 1. The van der Waals surface area contributed by atoms with Crippen LogP contribution in [0.5, 0.6) is 0 Å². The van der Waals surface area contributed by atoms with Crippen LogP contribution in [0, 0.1) is 13.8 Å². The lowest BCUT2D eigenvalue weighted by Gasteiger charge is -2.08. The van der Waals surface area contributed by atoms with E-state index in [9.17, 15) is 4.79 Å². The minimum absolute atomic E-state index is 0.169. The van der Waals surface area contributed by atoms with Crippen LogP contribution >= 0.6 is 22.9 Å². The van der Waals surface area contributed by atoms with E-state index in [-0.39, 0.29) is 12.0 Å². The molecule has 1 amide bonds. The van der Waals surface area contributed by atoms with Gasteiger partial charge in [-0.05, 0) is 57.4 Å². The number of hydrogen-bond acceptors (Lipinski definition) is 5.